The number of alkyl halides is 3. The van der Waals surface area contributed by atoms with E-state index in [9.17, 15) is 21.6 Å². The van der Waals surface area contributed by atoms with Crippen molar-refractivity contribution in [3.05, 3.63) is 29.3 Å². The average Bonchev–Trinajstić information content (AvgIpc) is 2.49. The maximum absolute atomic E-state index is 12.7. The SMILES string of the molecule is COCCNCCNS(=O)(=O)c1ccc(C(F)(F)F)c(C#N)c1.Cl. The van der Waals surface area contributed by atoms with Crippen molar-refractivity contribution in [1.29, 1.82) is 5.26 Å². The first kappa shape index (κ1) is 22.6. The first-order valence-corrected chi connectivity index (χ1v) is 8.01. The number of ether oxygens (including phenoxy) is 1. The fourth-order valence-corrected chi connectivity index (χ4v) is 2.74. The molecular weight excluding hydrogens is 371 g/mol. The van der Waals surface area contributed by atoms with Crippen molar-refractivity contribution >= 4 is 22.4 Å². The van der Waals surface area contributed by atoms with Crippen LogP contribution in [-0.4, -0.2) is 41.8 Å². The smallest absolute Gasteiger partial charge is 0.383 e. The molecule has 0 spiro atoms. The van der Waals surface area contributed by atoms with Crippen LogP contribution in [0.15, 0.2) is 23.1 Å². The normalized spacial score (nSPS) is 11.6. The highest BCUT2D eigenvalue weighted by Gasteiger charge is 2.34. The number of methoxy groups -OCH3 is 1. The predicted molar refractivity (Wildman–Crippen MR) is 83.3 cm³/mol. The summed E-state index contributed by atoms with van der Waals surface area (Å²) >= 11 is 0. The van der Waals surface area contributed by atoms with Crippen LogP contribution in [0.25, 0.3) is 0 Å². The second-order valence-electron chi connectivity index (χ2n) is 4.46. The minimum Gasteiger partial charge on any atom is -0.383 e. The summed E-state index contributed by atoms with van der Waals surface area (Å²) < 4.78 is 69.1. The molecule has 2 N–H and O–H groups in total. The fourth-order valence-electron chi connectivity index (χ4n) is 1.69. The van der Waals surface area contributed by atoms with Gasteiger partial charge in [-0.25, -0.2) is 13.1 Å². The van der Waals surface area contributed by atoms with Gasteiger partial charge in [-0.3, -0.25) is 0 Å². The zero-order valence-corrected chi connectivity index (χ0v) is 14.3. The first-order chi connectivity index (χ1) is 10.7. The van der Waals surface area contributed by atoms with Crippen LogP contribution < -0.4 is 10.0 Å². The van der Waals surface area contributed by atoms with Crippen molar-refractivity contribution < 1.29 is 26.3 Å². The van der Waals surface area contributed by atoms with E-state index in [2.05, 4.69) is 10.0 Å². The topological polar surface area (TPSA) is 91.2 Å². The summed E-state index contributed by atoms with van der Waals surface area (Å²) in [6, 6.07) is 3.49. The molecule has 0 heterocycles. The van der Waals surface area contributed by atoms with Gasteiger partial charge in [0, 0.05) is 26.7 Å². The third kappa shape index (κ3) is 6.62. The molecular formula is C13H17ClF3N3O3S. The molecule has 136 valence electrons. The van der Waals surface area contributed by atoms with Gasteiger partial charge < -0.3 is 10.1 Å². The summed E-state index contributed by atoms with van der Waals surface area (Å²) in [6.07, 6.45) is -4.72. The number of sulfonamides is 1. The monoisotopic (exact) mass is 387 g/mol. The second kappa shape index (κ2) is 9.80. The molecule has 6 nitrogen and oxygen atoms in total. The number of halogens is 4. The van der Waals surface area contributed by atoms with E-state index < -0.39 is 27.3 Å². The molecule has 1 aromatic carbocycles. The Bertz CT molecular complexity index is 675. The summed E-state index contributed by atoms with van der Waals surface area (Å²) in [6.45, 7) is 1.39. The van der Waals surface area contributed by atoms with Gasteiger partial charge in [-0.05, 0) is 18.2 Å². The number of nitrogens with zero attached hydrogens (tertiary/aromatic N) is 1. The summed E-state index contributed by atoms with van der Waals surface area (Å²) in [5.41, 5.74) is -1.90. The summed E-state index contributed by atoms with van der Waals surface area (Å²) in [7, 11) is -2.46. The zero-order valence-electron chi connectivity index (χ0n) is 12.7. The van der Waals surface area contributed by atoms with E-state index in [1.54, 1.807) is 0 Å². The molecule has 0 aliphatic rings. The Morgan fingerprint density at radius 1 is 1.25 bits per heavy atom. The molecule has 0 aliphatic carbocycles. The lowest BCUT2D eigenvalue weighted by Crippen LogP contribution is -2.33. The fraction of sp³-hybridized carbons (Fsp3) is 0.462. The van der Waals surface area contributed by atoms with E-state index in [0.717, 1.165) is 6.07 Å². The Hall–Kier alpha value is -1.38. The average molecular weight is 388 g/mol. The van der Waals surface area contributed by atoms with E-state index in [0.29, 0.717) is 31.8 Å². The highest BCUT2D eigenvalue weighted by Crippen LogP contribution is 2.32. The summed E-state index contributed by atoms with van der Waals surface area (Å²) in [5.74, 6) is 0. The van der Waals surface area contributed by atoms with Crippen LogP contribution in [0.3, 0.4) is 0 Å². The number of benzene rings is 1. The third-order valence-corrected chi connectivity index (χ3v) is 4.26. The molecule has 0 bridgehead atoms. The van der Waals surface area contributed by atoms with Crippen LogP contribution in [0.5, 0.6) is 0 Å². The van der Waals surface area contributed by atoms with Crippen LogP contribution >= 0.6 is 12.4 Å². The van der Waals surface area contributed by atoms with Gasteiger partial charge >= 0.3 is 6.18 Å². The highest BCUT2D eigenvalue weighted by atomic mass is 35.5. The van der Waals surface area contributed by atoms with Gasteiger partial charge in [0.1, 0.15) is 0 Å². The van der Waals surface area contributed by atoms with Crippen molar-refractivity contribution in [2.75, 3.05) is 33.4 Å². The van der Waals surface area contributed by atoms with Crippen molar-refractivity contribution in [3.8, 4) is 6.07 Å². The quantitative estimate of drug-likeness (QED) is 0.660. The molecule has 0 saturated carbocycles. The number of hydrogen-bond acceptors (Lipinski definition) is 5. The van der Waals surface area contributed by atoms with E-state index in [-0.39, 0.29) is 23.8 Å². The molecule has 0 unspecified atom stereocenters. The Morgan fingerprint density at radius 2 is 1.92 bits per heavy atom. The Labute approximate surface area is 144 Å². The van der Waals surface area contributed by atoms with Gasteiger partial charge in [0.25, 0.3) is 0 Å². The molecule has 0 aliphatic heterocycles. The van der Waals surface area contributed by atoms with E-state index in [1.165, 1.54) is 13.2 Å². The van der Waals surface area contributed by atoms with Crippen LogP contribution in [0.2, 0.25) is 0 Å². The summed E-state index contributed by atoms with van der Waals surface area (Å²) in [4.78, 5) is -0.390. The molecule has 0 aromatic heterocycles. The molecule has 24 heavy (non-hydrogen) atoms. The van der Waals surface area contributed by atoms with Crippen molar-refractivity contribution in [2.45, 2.75) is 11.1 Å². The minimum atomic E-state index is -4.72. The molecule has 1 aromatic rings. The lowest BCUT2D eigenvalue weighted by atomic mass is 10.1. The maximum Gasteiger partial charge on any atom is 0.417 e. The van der Waals surface area contributed by atoms with Crippen LogP contribution in [0, 0.1) is 11.3 Å². The third-order valence-electron chi connectivity index (χ3n) is 2.80. The lowest BCUT2D eigenvalue weighted by Gasteiger charge is -2.11. The lowest BCUT2D eigenvalue weighted by molar-refractivity contribution is -0.137. The van der Waals surface area contributed by atoms with Gasteiger partial charge in [0.05, 0.1) is 28.7 Å². The van der Waals surface area contributed by atoms with E-state index in [1.807, 2.05) is 0 Å². The van der Waals surface area contributed by atoms with E-state index >= 15 is 0 Å². The molecule has 0 amide bonds. The summed E-state index contributed by atoms with van der Waals surface area (Å²) in [5, 5.41) is 11.7. The van der Waals surface area contributed by atoms with Crippen LogP contribution in [0.4, 0.5) is 13.2 Å². The van der Waals surface area contributed by atoms with E-state index in [4.69, 9.17) is 10.00 Å². The number of nitriles is 1. The first-order valence-electron chi connectivity index (χ1n) is 6.53. The van der Waals surface area contributed by atoms with Gasteiger partial charge in [-0.2, -0.15) is 18.4 Å². The minimum absolute atomic E-state index is 0. The van der Waals surface area contributed by atoms with Gasteiger partial charge in [0.15, 0.2) is 0 Å². The standard InChI is InChI=1S/C13H16F3N3O3S.ClH/c1-22-7-6-18-4-5-19-23(20,21)11-2-3-12(13(14,15)16)10(8-11)9-17;/h2-3,8,18-19H,4-7H2,1H3;1H. The highest BCUT2D eigenvalue weighted by molar-refractivity contribution is 7.89. The van der Waals surface area contributed by atoms with Gasteiger partial charge in [-0.1, -0.05) is 0 Å². The number of nitrogens with one attached hydrogen (secondary N) is 2. The second-order valence-corrected chi connectivity index (χ2v) is 6.22. The Kier molecular flexibility index (Phi) is 9.24. The van der Waals surface area contributed by atoms with Gasteiger partial charge in [0.2, 0.25) is 10.0 Å². The van der Waals surface area contributed by atoms with Gasteiger partial charge in [-0.15, -0.1) is 12.4 Å². The molecule has 0 atom stereocenters. The molecule has 1 rings (SSSR count). The Balaban J connectivity index is 0.00000529. The van der Waals surface area contributed by atoms with Crippen LogP contribution in [-0.2, 0) is 20.9 Å². The van der Waals surface area contributed by atoms with Crippen molar-refractivity contribution in [2.24, 2.45) is 0 Å². The molecule has 0 radical (unpaired) electrons. The zero-order chi connectivity index (χ0) is 17.5. The molecule has 0 saturated heterocycles. The molecule has 0 fully saturated rings. The predicted octanol–water partition coefficient (Wildman–Crippen LogP) is 1.51. The number of rotatable bonds is 8. The van der Waals surface area contributed by atoms with Crippen molar-refractivity contribution in [1.82, 2.24) is 10.0 Å². The maximum atomic E-state index is 12.7. The van der Waals surface area contributed by atoms with Crippen molar-refractivity contribution in [3.63, 3.8) is 0 Å². The Morgan fingerprint density at radius 3 is 2.46 bits per heavy atom. The largest absolute Gasteiger partial charge is 0.417 e. The van der Waals surface area contributed by atoms with Crippen LogP contribution in [0.1, 0.15) is 11.1 Å². The molecule has 11 heteroatoms. The number of hydrogen-bond donors (Lipinski definition) is 2.